The lowest BCUT2D eigenvalue weighted by molar-refractivity contribution is -0.131. The van der Waals surface area contributed by atoms with E-state index in [-0.39, 0.29) is 6.61 Å². The van der Waals surface area contributed by atoms with Crippen LogP contribution < -0.4 is 4.74 Å². The summed E-state index contributed by atoms with van der Waals surface area (Å²) in [6.07, 6.45) is 2.54. The molecule has 0 bridgehead atoms. The molecule has 17 heavy (non-hydrogen) atoms. The van der Waals surface area contributed by atoms with E-state index in [9.17, 15) is 4.79 Å². The molecular formula is C12H10Cl2O3. The summed E-state index contributed by atoms with van der Waals surface area (Å²) < 4.78 is 5.34. The van der Waals surface area contributed by atoms with Crippen LogP contribution in [-0.4, -0.2) is 17.7 Å². The number of carboxylic acid groups (broad SMARTS) is 1. The lowest BCUT2D eigenvalue weighted by Crippen LogP contribution is -1.96. The number of aliphatic carboxylic acids is 1. The van der Waals surface area contributed by atoms with E-state index in [1.807, 2.05) is 0 Å². The fourth-order valence-corrected chi connectivity index (χ4v) is 1.18. The predicted molar refractivity (Wildman–Crippen MR) is 68.4 cm³/mol. The fraction of sp³-hybridized carbons (Fsp3) is 0.0833. The average Bonchev–Trinajstić information content (AvgIpc) is 2.34. The van der Waals surface area contributed by atoms with Crippen molar-refractivity contribution in [2.45, 2.75) is 0 Å². The van der Waals surface area contributed by atoms with Gasteiger partial charge in [0.25, 0.3) is 0 Å². The van der Waals surface area contributed by atoms with Crippen LogP contribution in [0.3, 0.4) is 0 Å². The molecule has 0 atom stereocenters. The maximum Gasteiger partial charge on any atom is 0.328 e. The van der Waals surface area contributed by atoms with Crippen molar-refractivity contribution in [3.05, 3.63) is 46.5 Å². The molecule has 0 saturated heterocycles. The summed E-state index contributed by atoms with van der Waals surface area (Å²) in [4.78, 5) is 10.4. The summed E-state index contributed by atoms with van der Waals surface area (Å²) in [6.45, 7) is 0.178. The third kappa shape index (κ3) is 5.43. The van der Waals surface area contributed by atoms with Crippen molar-refractivity contribution in [1.82, 2.24) is 0 Å². The van der Waals surface area contributed by atoms with Crippen molar-refractivity contribution in [2.24, 2.45) is 0 Å². The summed E-state index contributed by atoms with van der Waals surface area (Å²) >= 11 is 11.1. The van der Waals surface area contributed by atoms with Crippen molar-refractivity contribution in [3.8, 4) is 5.75 Å². The van der Waals surface area contributed by atoms with Gasteiger partial charge in [-0.1, -0.05) is 35.3 Å². The van der Waals surface area contributed by atoms with Crippen molar-refractivity contribution in [3.63, 3.8) is 0 Å². The second-order valence-corrected chi connectivity index (χ2v) is 3.79. The number of rotatable bonds is 5. The van der Waals surface area contributed by atoms with E-state index in [0.29, 0.717) is 10.8 Å². The van der Waals surface area contributed by atoms with E-state index in [4.69, 9.17) is 33.0 Å². The molecule has 0 aliphatic rings. The van der Waals surface area contributed by atoms with Crippen LogP contribution in [0.5, 0.6) is 5.75 Å². The van der Waals surface area contributed by atoms with Crippen LogP contribution in [0, 0.1) is 0 Å². The molecule has 0 unspecified atom stereocenters. The van der Waals surface area contributed by atoms with Crippen LogP contribution in [0.4, 0.5) is 0 Å². The Bertz CT molecular complexity index is 453. The largest absolute Gasteiger partial charge is 0.488 e. The SMILES string of the molecule is O=C(O)C=Cc1cccc(OCC(Cl)=CCl)c1. The Kier molecular flexibility index (Phi) is 5.60. The lowest BCUT2D eigenvalue weighted by Gasteiger charge is -2.05. The monoisotopic (exact) mass is 272 g/mol. The molecule has 1 aromatic carbocycles. The molecule has 1 N–H and O–H groups in total. The predicted octanol–water partition coefficient (Wildman–Crippen LogP) is 3.48. The maximum atomic E-state index is 10.4. The summed E-state index contributed by atoms with van der Waals surface area (Å²) in [7, 11) is 0. The van der Waals surface area contributed by atoms with E-state index in [1.54, 1.807) is 24.3 Å². The number of hydrogen-bond donors (Lipinski definition) is 1. The minimum absolute atomic E-state index is 0.178. The second-order valence-electron chi connectivity index (χ2n) is 3.09. The van der Waals surface area contributed by atoms with E-state index in [1.165, 1.54) is 11.6 Å². The second kappa shape index (κ2) is 6.99. The number of benzene rings is 1. The highest BCUT2D eigenvalue weighted by molar-refractivity contribution is 6.36. The summed E-state index contributed by atoms with van der Waals surface area (Å²) in [5, 5.41) is 8.88. The zero-order chi connectivity index (χ0) is 12.7. The molecule has 90 valence electrons. The standard InChI is InChI=1S/C12H10Cl2O3/c13-7-10(14)8-17-11-3-1-2-9(6-11)4-5-12(15)16/h1-7H,8H2,(H,15,16). The first kappa shape index (κ1) is 13.6. The van der Waals surface area contributed by atoms with Gasteiger partial charge in [-0.25, -0.2) is 4.79 Å². The molecule has 1 aromatic rings. The molecule has 0 heterocycles. The van der Waals surface area contributed by atoms with Crippen molar-refractivity contribution >= 4 is 35.2 Å². The van der Waals surface area contributed by atoms with Crippen molar-refractivity contribution in [1.29, 1.82) is 0 Å². The Morgan fingerprint density at radius 3 is 2.88 bits per heavy atom. The van der Waals surface area contributed by atoms with Crippen LogP contribution in [0.1, 0.15) is 5.56 Å². The lowest BCUT2D eigenvalue weighted by atomic mass is 10.2. The van der Waals surface area contributed by atoms with Gasteiger partial charge in [0.15, 0.2) is 0 Å². The molecule has 0 spiro atoms. The van der Waals surface area contributed by atoms with Gasteiger partial charge in [0.05, 0.1) is 5.03 Å². The fourth-order valence-electron chi connectivity index (χ4n) is 1.06. The third-order valence-electron chi connectivity index (χ3n) is 1.77. The topological polar surface area (TPSA) is 46.5 Å². The van der Waals surface area contributed by atoms with Gasteiger partial charge in [-0.2, -0.15) is 0 Å². The normalized spacial score (nSPS) is 11.8. The molecule has 0 aromatic heterocycles. The minimum Gasteiger partial charge on any atom is -0.488 e. The zero-order valence-electron chi connectivity index (χ0n) is 8.77. The average molecular weight is 273 g/mol. The molecule has 0 radical (unpaired) electrons. The van der Waals surface area contributed by atoms with E-state index >= 15 is 0 Å². The van der Waals surface area contributed by atoms with Gasteiger partial charge < -0.3 is 9.84 Å². The molecule has 5 heteroatoms. The Labute approximate surface area is 109 Å². The van der Waals surface area contributed by atoms with E-state index < -0.39 is 5.97 Å². The molecular weight excluding hydrogens is 263 g/mol. The Hall–Kier alpha value is -1.45. The quantitative estimate of drug-likeness (QED) is 0.835. The maximum absolute atomic E-state index is 10.4. The zero-order valence-corrected chi connectivity index (χ0v) is 10.3. The highest BCUT2D eigenvalue weighted by Crippen LogP contribution is 2.16. The number of halogens is 2. The molecule has 0 amide bonds. The molecule has 0 aliphatic heterocycles. The first-order valence-electron chi connectivity index (χ1n) is 4.70. The van der Waals surface area contributed by atoms with Gasteiger partial charge in [-0.15, -0.1) is 0 Å². The van der Waals surface area contributed by atoms with Crippen LogP contribution >= 0.6 is 23.2 Å². The molecule has 0 saturated carbocycles. The minimum atomic E-state index is -0.996. The van der Waals surface area contributed by atoms with E-state index in [0.717, 1.165) is 11.6 Å². The molecule has 1 rings (SSSR count). The first-order chi connectivity index (χ1) is 8.11. The number of carboxylic acids is 1. The van der Waals surface area contributed by atoms with Crippen molar-refractivity contribution in [2.75, 3.05) is 6.61 Å². The summed E-state index contributed by atoms with van der Waals surface area (Å²) in [5.41, 5.74) is 1.96. The Morgan fingerprint density at radius 2 is 2.24 bits per heavy atom. The van der Waals surface area contributed by atoms with Crippen LogP contribution in [0.25, 0.3) is 6.08 Å². The molecule has 3 nitrogen and oxygen atoms in total. The Balaban J connectivity index is 2.69. The number of hydrogen-bond acceptors (Lipinski definition) is 2. The van der Waals surface area contributed by atoms with Gasteiger partial charge in [0.1, 0.15) is 12.4 Å². The smallest absolute Gasteiger partial charge is 0.328 e. The summed E-state index contributed by atoms with van der Waals surface area (Å²) in [6, 6.07) is 6.98. The highest BCUT2D eigenvalue weighted by Gasteiger charge is 1.97. The van der Waals surface area contributed by atoms with Gasteiger partial charge in [-0.3, -0.25) is 0 Å². The molecule has 0 fully saturated rings. The van der Waals surface area contributed by atoms with Crippen molar-refractivity contribution < 1.29 is 14.6 Å². The van der Waals surface area contributed by atoms with Gasteiger partial charge in [0, 0.05) is 11.6 Å². The molecule has 0 aliphatic carbocycles. The first-order valence-corrected chi connectivity index (χ1v) is 5.52. The van der Waals surface area contributed by atoms with Crippen LogP contribution in [0.15, 0.2) is 40.9 Å². The van der Waals surface area contributed by atoms with Gasteiger partial charge in [0.2, 0.25) is 0 Å². The van der Waals surface area contributed by atoms with Gasteiger partial charge in [-0.05, 0) is 23.8 Å². The number of carbonyl (C=O) groups is 1. The highest BCUT2D eigenvalue weighted by atomic mass is 35.5. The van der Waals surface area contributed by atoms with E-state index in [2.05, 4.69) is 0 Å². The van der Waals surface area contributed by atoms with Gasteiger partial charge >= 0.3 is 5.97 Å². The third-order valence-corrected chi connectivity index (χ3v) is 2.36. The number of ether oxygens (including phenoxy) is 1. The van der Waals surface area contributed by atoms with Crippen LogP contribution in [-0.2, 0) is 4.79 Å². The Morgan fingerprint density at radius 1 is 1.47 bits per heavy atom. The van der Waals surface area contributed by atoms with Crippen LogP contribution in [0.2, 0.25) is 0 Å². The summed E-state index contributed by atoms with van der Waals surface area (Å²) in [5.74, 6) is -0.404.